The minimum atomic E-state index is 0.642. The highest BCUT2D eigenvalue weighted by molar-refractivity contribution is 4.96. The molecule has 0 fully saturated rings. The zero-order valence-corrected chi connectivity index (χ0v) is 25.4. The maximum Gasteiger partial charge on any atom is 0.101 e. The van der Waals surface area contributed by atoms with E-state index in [4.69, 9.17) is 0 Å². The minimum absolute atomic E-state index is 0.642. The second-order valence-corrected chi connectivity index (χ2v) is 11.8. The fraction of sp³-hybridized carbons (Fsp3) is 0.941. The van der Waals surface area contributed by atoms with Gasteiger partial charge in [0.05, 0.1) is 0 Å². The topological polar surface area (TPSA) is 6.48 Å². The van der Waals surface area contributed by atoms with E-state index in [1.807, 2.05) is 0 Å². The molecule has 1 atom stereocenters. The molecule has 0 saturated heterocycles. The van der Waals surface area contributed by atoms with Crippen LogP contribution in [0.1, 0.15) is 188 Å². The Balaban J connectivity index is 2.03. The maximum absolute atomic E-state index is 2.67. The van der Waals surface area contributed by atoms with Crippen LogP contribution in [-0.2, 0) is 0 Å². The van der Waals surface area contributed by atoms with Crippen molar-refractivity contribution in [3.05, 3.63) is 12.4 Å². The minimum Gasteiger partial charge on any atom is -0.356 e. The zero-order valence-electron chi connectivity index (χ0n) is 25.4. The number of nitrogens with zero attached hydrogens (tertiary/aromatic N) is 2. The Kier molecular flexibility index (Phi) is 24.1. The van der Waals surface area contributed by atoms with Crippen molar-refractivity contribution in [2.75, 3.05) is 13.1 Å². The summed E-state index contributed by atoms with van der Waals surface area (Å²) in [7, 11) is 0. The van der Waals surface area contributed by atoms with Crippen molar-refractivity contribution in [3.8, 4) is 0 Å². The van der Waals surface area contributed by atoms with E-state index < -0.39 is 0 Å². The lowest BCUT2D eigenvalue weighted by atomic mass is 10.0. The van der Waals surface area contributed by atoms with Gasteiger partial charge in [-0.15, -0.1) is 0 Å². The van der Waals surface area contributed by atoms with Crippen LogP contribution in [0.25, 0.3) is 0 Å². The van der Waals surface area contributed by atoms with Crippen LogP contribution in [-0.4, -0.2) is 29.1 Å². The molecule has 0 aromatic heterocycles. The Morgan fingerprint density at radius 3 is 1.06 bits per heavy atom. The van der Waals surface area contributed by atoms with Gasteiger partial charge < -0.3 is 9.80 Å². The van der Waals surface area contributed by atoms with Gasteiger partial charge in [-0.3, -0.25) is 0 Å². The third-order valence-corrected chi connectivity index (χ3v) is 8.32. The third kappa shape index (κ3) is 18.6. The van der Waals surface area contributed by atoms with E-state index in [0.29, 0.717) is 6.17 Å². The Morgan fingerprint density at radius 2 is 0.667 bits per heavy atom. The molecule has 1 heterocycles. The smallest absolute Gasteiger partial charge is 0.101 e. The standard InChI is InChI=1S/C34H68N2/c1-4-7-10-12-14-15-16-17-18-19-20-21-22-23-25-27-29-34-35(30-9-6-3)32-33-36(34)31-28-26-24-13-11-8-5-2/h32-34H,4-31H2,1-3H3. The van der Waals surface area contributed by atoms with E-state index in [1.54, 1.807) is 0 Å². The molecule has 0 spiro atoms. The molecule has 1 aliphatic heterocycles. The van der Waals surface area contributed by atoms with Gasteiger partial charge in [-0.2, -0.15) is 0 Å². The lowest BCUT2D eigenvalue weighted by Gasteiger charge is -2.33. The lowest BCUT2D eigenvalue weighted by molar-refractivity contribution is 0.136. The van der Waals surface area contributed by atoms with Crippen molar-refractivity contribution >= 4 is 0 Å². The molecule has 0 aliphatic carbocycles. The molecule has 2 nitrogen and oxygen atoms in total. The van der Waals surface area contributed by atoms with Crippen LogP contribution in [0, 0.1) is 0 Å². The summed E-state index contributed by atoms with van der Waals surface area (Å²) in [5.74, 6) is 0. The zero-order chi connectivity index (χ0) is 25.9. The summed E-state index contributed by atoms with van der Waals surface area (Å²) in [5, 5.41) is 0. The number of rotatable bonds is 28. The Morgan fingerprint density at radius 1 is 0.361 bits per heavy atom. The fourth-order valence-electron chi connectivity index (χ4n) is 5.81. The highest BCUT2D eigenvalue weighted by Crippen LogP contribution is 2.23. The van der Waals surface area contributed by atoms with Gasteiger partial charge in [-0.25, -0.2) is 0 Å². The molecular formula is C34H68N2. The molecule has 36 heavy (non-hydrogen) atoms. The molecule has 1 rings (SSSR count). The van der Waals surface area contributed by atoms with Crippen molar-refractivity contribution < 1.29 is 0 Å². The molecule has 214 valence electrons. The quantitative estimate of drug-likeness (QED) is 0.0977. The highest BCUT2D eigenvalue weighted by Gasteiger charge is 2.24. The van der Waals surface area contributed by atoms with Gasteiger partial charge in [-0.1, -0.05) is 162 Å². The lowest BCUT2D eigenvalue weighted by Crippen LogP contribution is -2.39. The van der Waals surface area contributed by atoms with Crippen LogP contribution in [0.4, 0.5) is 0 Å². The molecule has 0 bridgehead atoms. The first-order valence-corrected chi connectivity index (χ1v) is 17.0. The largest absolute Gasteiger partial charge is 0.356 e. The second kappa shape index (κ2) is 26.0. The summed E-state index contributed by atoms with van der Waals surface area (Å²) in [6.07, 6.45) is 42.6. The van der Waals surface area contributed by atoms with Crippen LogP contribution in [0.15, 0.2) is 12.4 Å². The molecule has 0 radical (unpaired) electrons. The maximum atomic E-state index is 2.67. The van der Waals surface area contributed by atoms with Gasteiger partial charge in [0.15, 0.2) is 0 Å². The number of hydrogen-bond acceptors (Lipinski definition) is 2. The molecule has 2 heteroatoms. The monoisotopic (exact) mass is 505 g/mol. The van der Waals surface area contributed by atoms with Crippen LogP contribution in [0.5, 0.6) is 0 Å². The van der Waals surface area contributed by atoms with Gasteiger partial charge >= 0.3 is 0 Å². The van der Waals surface area contributed by atoms with Crippen molar-refractivity contribution in [1.29, 1.82) is 0 Å². The SMILES string of the molecule is CCCCCCCCCCCCCCCCCCC1N(CCCC)C=CN1CCCCCCCCC. The van der Waals surface area contributed by atoms with Gasteiger partial charge in [0, 0.05) is 25.5 Å². The molecule has 0 N–H and O–H groups in total. The van der Waals surface area contributed by atoms with Gasteiger partial charge in [0.2, 0.25) is 0 Å². The van der Waals surface area contributed by atoms with Crippen molar-refractivity contribution in [1.82, 2.24) is 9.80 Å². The third-order valence-electron chi connectivity index (χ3n) is 8.32. The Labute approximate surface area is 229 Å². The fourth-order valence-corrected chi connectivity index (χ4v) is 5.81. The Hall–Kier alpha value is -0.660. The summed E-state index contributed by atoms with van der Waals surface area (Å²) >= 11 is 0. The summed E-state index contributed by atoms with van der Waals surface area (Å²) < 4.78 is 0. The molecule has 0 aromatic carbocycles. The molecule has 0 amide bonds. The van der Waals surface area contributed by atoms with Gasteiger partial charge in [0.1, 0.15) is 6.17 Å². The summed E-state index contributed by atoms with van der Waals surface area (Å²) in [6.45, 7) is 9.44. The summed E-state index contributed by atoms with van der Waals surface area (Å²) in [5.41, 5.74) is 0. The average molecular weight is 505 g/mol. The second-order valence-electron chi connectivity index (χ2n) is 11.8. The Bertz CT molecular complexity index is 460. The summed E-state index contributed by atoms with van der Waals surface area (Å²) in [6, 6.07) is 0. The highest BCUT2D eigenvalue weighted by atomic mass is 15.4. The van der Waals surface area contributed by atoms with E-state index >= 15 is 0 Å². The van der Waals surface area contributed by atoms with E-state index in [1.165, 1.54) is 180 Å². The van der Waals surface area contributed by atoms with Crippen LogP contribution in [0.3, 0.4) is 0 Å². The molecule has 0 aromatic rings. The van der Waals surface area contributed by atoms with Gasteiger partial charge in [0.25, 0.3) is 0 Å². The van der Waals surface area contributed by atoms with Crippen molar-refractivity contribution in [2.24, 2.45) is 0 Å². The molecule has 0 saturated carbocycles. The van der Waals surface area contributed by atoms with E-state index in [2.05, 4.69) is 43.0 Å². The normalized spacial score (nSPS) is 15.5. The van der Waals surface area contributed by atoms with Crippen LogP contribution in [0.2, 0.25) is 0 Å². The van der Waals surface area contributed by atoms with Crippen LogP contribution < -0.4 is 0 Å². The predicted octanol–water partition coefficient (Wildman–Crippen LogP) is 11.6. The predicted molar refractivity (Wildman–Crippen MR) is 163 cm³/mol. The van der Waals surface area contributed by atoms with Crippen LogP contribution >= 0.6 is 0 Å². The van der Waals surface area contributed by atoms with E-state index in [9.17, 15) is 0 Å². The summed E-state index contributed by atoms with van der Waals surface area (Å²) in [4.78, 5) is 5.32. The first-order valence-electron chi connectivity index (χ1n) is 17.0. The molecule has 1 aliphatic rings. The van der Waals surface area contributed by atoms with Crippen molar-refractivity contribution in [3.63, 3.8) is 0 Å². The van der Waals surface area contributed by atoms with E-state index in [0.717, 1.165) is 0 Å². The molecule has 1 unspecified atom stereocenters. The number of hydrogen-bond donors (Lipinski definition) is 0. The van der Waals surface area contributed by atoms with E-state index in [-0.39, 0.29) is 0 Å². The number of unbranched alkanes of at least 4 members (excludes halogenated alkanes) is 22. The van der Waals surface area contributed by atoms with Crippen molar-refractivity contribution in [2.45, 2.75) is 194 Å². The molecular weight excluding hydrogens is 436 g/mol. The van der Waals surface area contributed by atoms with Gasteiger partial charge in [-0.05, 0) is 25.7 Å². The first kappa shape index (κ1) is 33.4. The first-order chi connectivity index (χ1) is 17.8. The average Bonchev–Trinajstić information content (AvgIpc) is 3.27.